The van der Waals surface area contributed by atoms with E-state index in [-0.39, 0.29) is 11.9 Å². The monoisotopic (exact) mass is 257 g/mol. The average molecular weight is 258 g/mol. The molecule has 0 fully saturated rings. The van der Waals surface area contributed by atoms with Gasteiger partial charge in [0.05, 0.1) is 0 Å². The Hall–Kier alpha value is -0.600. The average Bonchev–Trinajstić information content (AvgIpc) is 2.30. The molecular weight excluding hydrogens is 237 g/mol. The summed E-state index contributed by atoms with van der Waals surface area (Å²) < 4.78 is 13.5. The second-order valence-electron chi connectivity index (χ2n) is 4.51. The van der Waals surface area contributed by atoms with Gasteiger partial charge in [-0.25, -0.2) is 4.39 Å². The molecule has 0 aliphatic carbocycles. The maximum Gasteiger partial charge on any atom is 0.127 e. The highest BCUT2D eigenvalue weighted by atomic mass is 35.5. The SMILES string of the molecule is CCCCCCC(N)Cc1c(F)cccc1Cl. The predicted octanol–water partition coefficient (Wildman–Crippen LogP) is 4.32. The molecule has 0 aliphatic heterocycles. The largest absolute Gasteiger partial charge is 0.327 e. The minimum absolute atomic E-state index is 0.00116. The molecule has 1 unspecified atom stereocenters. The van der Waals surface area contributed by atoms with E-state index in [1.54, 1.807) is 12.1 Å². The van der Waals surface area contributed by atoms with Gasteiger partial charge in [-0.2, -0.15) is 0 Å². The Labute approximate surface area is 108 Å². The lowest BCUT2D eigenvalue weighted by molar-refractivity contribution is 0.530. The van der Waals surface area contributed by atoms with Crippen molar-refractivity contribution in [2.75, 3.05) is 0 Å². The van der Waals surface area contributed by atoms with Crippen LogP contribution in [0, 0.1) is 5.82 Å². The summed E-state index contributed by atoms with van der Waals surface area (Å²) in [6.07, 6.45) is 6.24. The zero-order valence-electron chi connectivity index (χ0n) is 10.4. The van der Waals surface area contributed by atoms with E-state index >= 15 is 0 Å². The normalized spacial score (nSPS) is 12.7. The zero-order valence-corrected chi connectivity index (χ0v) is 11.1. The number of rotatable bonds is 7. The van der Waals surface area contributed by atoms with Gasteiger partial charge < -0.3 is 5.73 Å². The number of benzene rings is 1. The lowest BCUT2D eigenvalue weighted by Gasteiger charge is -2.13. The first-order chi connectivity index (χ1) is 8.15. The van der Waals surface area contributed by atoms with Crippen LogP contribution in [0.15, 0.2) is 18.2 Å². The van der Waals surface area contributed by atoms with Gasteiger partial charge >= 0.3 is 0 Å². The number of nitrogens with two attached hydrogens (primary N) is 1. The third kappa shape index (κ3) is 5.05. The highest BCUT2D eigenvalue weighted by molar-refractivity contribution is 6.31. The molecule has 0 aromatic heterocycles. The number of unbranched alkanes of at least 4 members (excludes halogenated alkanes) is 3. The Bertz CT molecular complexity index is 321. The van der Waals surface area contributed by atoms with Crippen LogP contribution < -0.4 is 5.73 Å². The molecule has 0 heterocycles. The van der Waals surface area contributed by atoms with Crippen molar-refractivity contribution in [3.8, 4) is 0 Å². The molecule has 3 heteroatoms. The van der Waals surface area contributed by atoms with E-state index in [1.165, 1.54) is 25.3 Å². The maximum atomic E-state index is 13.5. The molecule has 96 valence electrons. The fraction of sp³-hybridized carbons (Fsp3) is 0.571. The molecule has 0 bridgehead atoms. The molecule has 0 spiro atoms. The number of halogens is 2. The van der Waals surface area contributed by atoms with E-state index in [0.29, 0.717) is 17.0 Å². The minimum Gasteiger partial charge on any atom is -0.327 e. The molecule has 0 aliphatic rings. The molecule has 0 saturated carbocycles. The second-order valence-corrected chi connectivity index (χ2v) is 4.92. The van der Waals surface area contributed by atoms with Crippen molar-refractivity contribution in [2.45, 2.75) is 51.5 Å². The molecule has 17 heavy (non-hydrogen) atoms. The van der Waals surface area contributed by atoms with Gasteiger partial charge in [-0.15, -0.1) is 0 Å². The van der Waals surface area contributed by atoms with Gasteiger partial charge in [0, 0.05) is 16.6 Å². The first kappa shape index (κ1) is 14.5. The van der Waals surface area contributed by atoms with Crippen LogP contribution >= 0.6 is 11.6 Å². The third-order valence-corrected chi connectivity index (χ3v) is 3.31. The summed E-state index contributed by atoms with van der Waals surface area (Å²) in [5.74, 6) is -0.249. The first-order valence-electron chi connectivity index (χ1n) is 6.33. The Kier molecular flexibility index (Phi) is 6.53. The highest BCUT2D eigenvalue weighted by Crippen LogP contribution is 2.21. The summed E-state index contributed by atoms with van der Waals surface area (Å²) in [4.78, 5) is 0. The van der Waals surface area contributed by atoms with Gasteiger partial charge in [-0.1, -0.05) is 50.3 Å². The van der Waals surface area contributed by atoms with Gasteiger partial charge in [-0.05, 0) is 25.0 Å². The molecule has 1 rings (SSSR count). The summed E-state index contributed by atoms with van der Waals surface area (Å²) in [7, 11) is 0. The topological polar surface area (TPSA) is 26.0 Å². The van der Waals surface area contributed by atoms with Crippen LogP contribution in [0.4, 0.5) is 4.39 Å². The van der Waals surface area contributed by atoms with Crippen LogP contribution in [-0.2, 0) is 6.42 Å². The summed E-state index contributed by atoms with van der Waals surface area (Å²) in [6.45, 7) is 2.18. The van der Waals surface area contributed by atoms with Gasteiger partial charge in [-0.3, -0.25) is 0 Å². The molecule has 1 nitrogen and oxygen atoms in total. The molecule has 0 radical (unpaired) electrons. The Morgan fingerprint density at radius 2 is 2.06 bits per heavy atom. The van der Waals surface area contributed by atoms with Crippen molar-refractivity contribution in [1.82, 2.24) is 0 Å². The van der Waals surface area contributed by atoms with E-state index in [2.05, 4.69) is 6.92 Å². The zero-order chi connectivity index (χ0) is 12.7. The van der Waals surface area contributed by atoms with E-state index in [9.17, 15) is 4.39 Å². The maximum absolute atomic E-state index is 13.5. The van der Waals surface area contributed by atoms with Gasteiger partial charge in [0.1, 0.15) is 5.82 Å². The molecule has 0 amide bonds. The van der Waals surface area contributed by atoms with Crippen molar-refractivity contribution in [2.24, 2.45) is 5.73 Å². The van der Waals surface area contributed by atoms with E-state index in [4.69, 9.17) is 17.3 Å². The van der Waals surface area contributed by atoms with Gasteiger partial charge in [0.15, 0.2) is 0 Å². The smallest absolute Gasteiger partial charge is 0.127 e. The predicted molar refractivity (Wildman–Crippen MR) is 71.8 cm³/mol. The van der Waals surface area contributed by atoms with Crippen LogP contribution in [0.25, 0.3) is 0 Å². The second kappa shape index (κ2) is 7.67. The van der Waals surface area contributed by atoms with Crippen molar-refractivity contribution < 1.29 is 4.39 Å². The van der Waals surface area contributed by atoms with E-state index in [0.717, 1.165) is 12.8 Å². The lowest BCUT2D eigenvalue weighted by Crippen LogP contribution is -2.23. The molecule has 1 atom stereocenters. The molecule has 0 saturated heterocycles. The fourth-order valence-electron chi connectivity index (χ4n) is 1.92. The van der Waals surface area contributed by atoms with Gasteiger partial charge in [0.25, 0.3) is 0 Å². The van der Waals surface area contributed by atoms with Gasteiger partial charge in [0.2, 0.25) is 0 Å². The first-order valence-corrected chi connectivity index (χ1v) is 6.71. The summed E-state index contributed by atoms with van der Waals surface area (Å²) in [6, 6.07) is 4.77. The lowest BCUT2D eigenvalue weighted by atomic mass is 10.0. The number of hydrogen-bond donors (Lipinski definition) is 1. The van der Waals surface area contributed by atoms with Crippen LogP contribution in [-0.4, -0.2) is 6.04 Å². The van der Waals surface area contributed by atoms with Crippen LogP contribution in [0.3, 0.4) is 0 Å². The van der Waals surface area contributed by atoms with Crippen LogP contribution in [0.1, 0.15) is 44.6 Å². The molecule has 1 aromatic carbocycles. The number of hydrogen-bond acceptors (Lipinski definition) is 1. The van der Waals surface area contributed by atoms with Crippen molar-refractivity contribution in [3.63, 3.8) is 0 Å². The quantitative estimate of drug-likeness (QED) is 0.724. The summed E-state index contributed by atoms with van der Waals surface area (Å²) >= 11 is 5.96. The fourth-order valence-corrected chi connectivity index (χ4v) is 2.17. The minimum atomic E-state index is -0.249. The molecule has 1 aromatic rings. The molecule has 2 N–H and O–H groups in total. The van der Waals surface area contributed by atoms with E-state index < -0.39 is 0 Å². The molecular formula is C14H21ClFN. The highest BCUT2D eigenvalue weighted by Gasteiger charge is 2.11. The third-order valence-electron chi connectivity index (χ3n) is 2.96. The van der Waals surface area contributed by atoms with Crippen molar-refractivity contribution in [3.05, 3.63) is 34.6 Å². The summed E-state index contributed by atoms with van der Waals surface area (Å²) in [5, 5.41) is 0.481. The Morgan fingerprint density at radius 1 is 1.29 bits per heavy atom. The van der Waals surface area contributed by atoms with Crippen LogP contribution in [0.2, 0.25) is 5.02 Å². The van der Waals surface area contributed by atoms with Crippen molar-refractivity contribution in [1.29, 1.82) is 0 Å². The Morgan fingerprint density at radius 3 is 2.71 bits per heavy atom. The Balaban J connectivity index is 2.42. The van der Waals surface area contributed by atoms with Crippen molar-refractivity contribution >= 4 is 11.6 Å². The standard InChI is InChI=1S/C14H21ClFN/c1-2-3-4-5-7-11(17)10-12-13(15)8-6-9-14(12)16/h6,8-9,11H,2-5,7,10,17H2,1H3. The summed E-state index contributed by atoms with van der Waals surface area (Å²) in [5.41, 5.74) is 6.55. The van der Waals surface area contributed by atoms with Crippen LogP contribution in [0.5, 0.6) is 0 Å². The van der Waals surface area contributed by atoms with E-state index in [1.807, 2.05) is 0 Å².